The van der Waals surface area contributed by atoms with Gasteiger partial charge in [0.15, 0.2) is 0 Å². The van der Waals surface area contributed by atoms with Gasteiger partial charge in [0.2, 0.25) is 17.7 Å². The average molecular weight is 825 g/mol. The Morgan fingerprint density at radius 2 is 1.78 bits per heavy atom. The lowest BCUT2D eigenvalue weighted by Crippen LogP contribution is -2.63. The summed E-state index contributed by atoms with van der Waals surface area (Å²) in [5, 5.41) is 21.8. The zero-order valence-electron chi connectivity index (χ0n) is 35.8. The topological polar surface area (TPSA) is 170 Å². The van der Waals surface area contributed by atoms with Crippen LogP contribution in [0.1, 0.15) is 70.6 Å². The molecule has 0 aliphatic carbocycles. The summed E-state index contributed by atoms with van der Waals surface area (Å²) < 4.78 is 8.00. The van der Waals surface area contributed by atoms with Gasteiger partial charge in [-0.3, -0.25) is 33.7 Å². The SMILES string of the molecule is C=CC(=O)N1CC(C(=O)N(C)[C@H](C(=O)N[C@H]2Cc3cc(O)cc(c3)-c3ccc4c(C5CCN(C)CC5)nn(c4c3)CC(C)(C)COC(=O)[C@@H]3CCCN(N3)C2=O)C(C)C)C1. The molecule has 15 heteroatoms. The minimum absolute atomic E-state index is 0.00459. The third kappa shape index (κ3) is 9.07. The van der Waals surface area contributed by atoms with E-state index in [1.54, 1.807) is 19.2 Å². The number of hydrogen-bond acceptors (Lipinski definition) is 10. The highest BCUT2D eigenvalue weighted by molar-refractivity contribution is 5.94. The minimum atomic E-state index is -1.14. The lowest BCUT2D eigenvalue weighted by molar-refractivity contribution is -0.155. The van der Waals surface area contributed by atoms with Crippen LogP contribution >= 0.6 is 0 Å². The number of benzene rings is 2. The summed E-state index contributed by atoms with van der Waals surface area (Å²) in [5.41, 5.74) is 6.78. The molecule has 60 heavy (non-hydrogen) atoms. The zero-order chi connectivity index (χ0) is 43.0. The second kappa shape index (κ2) is 17.4. The van der Waals surface area contributed by atoms with Gasteiger partial charge in [-0.25, -0.2) is 5.43 Å². The Morgan fingerprint density at radius 3 is 2.48 bits per heavy atom. The molecular formula is C45H60N8O7. The number of phenolic OH excluding ortho intramolecular Hbond substituents is 1. The number of rotatable bonds is 7. The fourth-order valence-electron chi connectivity index (χ4n) is 9.15. The van der Waals surface area contributed by atoms with E-state index in [0.29, 0.717) is 37.4 Å². The van der Waals surface area contributed by atoms with Crippen molar-refractivity contribution in [2.24, 2.45) is 17.3 Å². The number of ether oxygens (including phenoxy) is 1. The molecule has 5 heterocycles. The number of aromatic nitrogens is 2. The quantitative estimate of drug-likeness (QED) is 0.237. The molecule has 4 aliphatic heterocycles. The van der Waals surface area contributed by atoms with E-state index in [1.807, 2.05) is 44.5 Å². The van der Waals surface area contributed by atoms with Gasteiger partial charge >= 0.3 is 5.97 Å². The van der Waals surface area contributed by atoms with Crippen LogP contribution in [0.3, 0.4) is 0 Å². The van der Waals surface area contributed by atoms with Crippen molar-refractivity contribution in [3.8, 4) is 16.9 Å². The third-order valence-corrected chi connectivity index (χ3v) is 12.6. The molecule has 4 amide bonds. The van der Waals surface area contributed by atoms with Crippen LogP contribution in [0.25, 0.3) is 22.0 Å². The Hall–Kier alpha value is -5.28. The molecular weight excluding hydrogens is 765 g/mol. The number of likely N-dealkylation sites (tertiary alicyclic amines) is 2. The molecule has 0 spiro atoms. The van der Waals surface area contributed by atoms with Crippen molar-refractivity contribution in [3.05, 3.63) is 60.3 Å². The van der Waals surface area contributed by atoms with E-state index < -0.39 is 47.2 Å². The lowest BCUT2D eigenvalue weighted by Gasteiger charge is -2.41. The number of piperidine rings is 1. The molecule has 3 N–H and O–H groups in total. The highest BCUT2D eigenvalue weighted by Gasteiger charge is 2.42. The number of amides is 4. The van der Waals surface area contributed by atoms with E-state index in [4.69, 9.17) is 9.84 Å². The molecule has 0 saturated carbocycles. The van der Waals surface area contributed by atoms with Crippen molar-refractivity contribution in [1.29, 1.82) is 0 Å². The first-order valence-corrected chi connectivity index (χ1v) is 21.3. The summed E-state index contributed by atoms with van der Waals surface area (Å²) in [5.74, 6) is -2.46. The number of nitrogens with one attached hydrogen (secondary N) is 2. The Morgan fingerprint density at radius 1 is 1.05 bits per heavy atom. The summed E-state index contributed by atoms with van der Waals surface area (Å²) in [6.45, 7) is 14.6. The predicted octanol–water partition coefficient (Wildman–Crippen LogP) is 3.45. The van der Waals surface area contributed by atoms with Crippen molar-refractivity contribution < 1.29 is 33.8 Å². The van der Waals surface area contributed by atoms with Gasteiger partial charge in [-0.15, -0.1) is 0 Å². The van der Waals surface area contributed by atoms with Gasteiger partial charge in [0.05, 0.1) is 23.7 Å². The number of nitrogens with zero attached hydrogens (tertiary/aromatic N) is 6. The highest BCUT2D eigenvalue weighted by atomic mass is 16.5. The molecule has 4 aliphatic rings. The van der Waals surface area contributed by atoms with Gasteiger partial charge in [-0.05, 0) is 92.7 Å². The maximum absolute atomic E-state index is 14.6. The smallest absolute Gasteiger partial charge is 0.324 e. The summed E-state index contributed by atoms with van der Waals surface area (Å²) >= 11 is 0. The number of cyclic esters (lactones) is 1. The van der Waals surface area contributed by atoms with Crippen LogP contribution in [-0.4, -0.2) is 136 Å². The minimum Gasteiger partial charge on any atom is -0.508 e. The number of likely N-dealkylation sites (N-methyl/N-ethyl adjacent to an activating group) is 1. The van der Waals surface area contributed by atoms with Gasteiger partial charge in [-0.2, -0.15) is 5.10 Å². The molecule has 15 nitrogen and oxygen atoms in total. The molecule has 6 bridgehead atoms. The number of phenols is 1. The maximum atomic E-state index is 14.6. The first-order valence-electron chi connectivity index (χ1n) is 21.3. The number of fused-ring (bicyclic) bond motifs is 6. The standard InChI is InChI=1S/C45H60N8O7/c1-8-38(55)51-23-32(24-51)42(57)50(7)40(27(2)3)41(56)46-36-20-28-18-31(21-33(54)19-28)30-11-12-34-37(22-30)53(48-39(34)29-13-16-49(6)17-14-29)25-45(4,5)26-60-44(59)35-10-9-15-52(47-35)43(36)58/h8,11-12,18-19,21-22,27,29,32,35-36,40,47,54H,1,9-10,13-17,20,23-26H2,2-7H3,(H,46,56)/t35-,36-,40-/m0/s1. The van der Waals surface area contributed by atoms with E-state index in [2.05, 4.69) is 41.4 Å². The third-order valence-electron chi connectivity index (χ3n) is 12.6. The lowest BCUT2D eigenvalue weighted by atomic mass is 9.91. The molecule has 3 saturated heterocycles. The number of hydrazine groups is 1. The summed E-state index contributed by atoms with van der Waals surface area (Å²) in [6, 6.07) is 8.57. The summed E-state index contributed by atoms with van der Waals surface area (Å²) in [4.78, 5) is 73.5. The fourth-order valence-corrected chi connectivity index (χ4v) is 9.15. The number of esters is 1. The number of carbonyl (C=O) groups excluding carboxylic acids is 5. The normalized spacial score (nSPS) is 22.4. The van der Waals surface area contributed by atoms with Crippen LogP contribution in [-0.2, 0) is 41.7 Å². The van der Waals surface area contributed by atoms with Crippen molar-refractivity contribution in [3.63, 3.8) is 0 Å². The molecule has 3 fully saturated rings. The van der Waals surface area contributed by atoms with E-state index >= 15 is 0 Å². The van der Waals surface area contributed by atoms with Crippen molar-refractivity contribution in [2.45, 2.75) is 90.4 Å². The summed E-state index contributed by atoms with van der Waals surface area (Å²) in [6.07, 6.45) is 4.22. The van der Waals surface area contributed by atoms with Crippen molar-refractivity contribution in [1.82, 2.24) is 40.2 Å². The second-order valence-corrected chi connectivity index (χ2v) is 18.4. The van der Waals surface area contributed by atoms with E-state index in [-0.39, 0.29) is 49.6 Å². The predicted molar refractivity (Wildman–Crippen MR) is 226 cm³/mol. The van der Waals surface area contributed by atoms with Gasteiger partial charge in [0.25, 0.3) is 5.91 Å². The maximum Gasteiger partial charge on any atom is 0.324 e. The monoisotopic (exact) mass is 824 g/mol. The van der Waals surface area contributed by atoms with E-state index in [0.717, 1.165) is 53.7 Å². The van der Waals surface area contributed by atoms with Crippen LogP contribution in [0.15, 0.2) is 49.1 Å². The summed E-state index contributed by atoms with van der Waals surface area (Å²) in [7, 11) is 3.71. The molecule has 2 aromatic carbocycles. The fraction of sp³-hybridized carbons (Fsp3) is 0.556. The number of carbonyl (C=O) groups is 5. The number of aromatic hydroxyl groups is 1. The van der Waals surface area contributed by atoms with Crippen LogP contribution in [0.4, 0.5) is 0 Å². The zero-order valence-corrected chi connectivity index (χ0v) is 35.8. The molecule has 3 atom stereocenters. The van der Waals surface area contributed by atoms with E-state index in [1.165, 1.54) is 20.9 Å². The Balaban J connectivity index is 1.24. The number of hydrogen-bond donors (Lipinski definition) is 3. The molecule has 322 valence electrons. The molecule has 0 radical (unpaired) electrons. The highest BCUT2D eigenvalue weighted by Crippen LogP contribution is 2.37. The first kappa shape index (κ1) is 42.8. The largest absolute Gasteiger partial charge is 0.508 e. The van der Waals surface area contributed by atoms with Gasteiger partial charge in [-0.1, -0.05) is 52.5 Å². The van der Waals surface area contributed by atoms with Crippen molar-refractivity contribution in [2.75, 3.05) is 53.4 Å². The van der Waals surface area contributed by atoms with Gasteiger partial charge < -0.3 is 29.9 Å². The molecule has 0 unspecified atom stereocenters. The average Bonchev–Trinajstić information content (AvgIpc) is 3.54. The van der Waals surface area contributed by atoms with Gasteiger partial charge in [0.1, 0.15) is 23.9 Å². The van der Waals surface area contributed by atoms with Crippen LogP contribution < -0.4 is 10.7 Å². The van der Waals surface area contributed by atoms with Crippen LogP contribution in [0.2, 0.25) is 0 Å². The van der Waals surface area contributed by atoms with E-state index in [9.17, 15) is 29.1 Å². The van der Waals surface area contributed by atoms with Crippen LogP contribution in [0, 0.1) is 17.3 Å². The van der Waals surface area contributed by atoms with Crippen molar-refractivity contribution >= 4 is 40.5 Å². The van der Waals surface area contributed by atoms with Crippen LogP contribution in [0.5, 0.6) is 5.75 Å². The Kier molecular flexibility index (Phi) is 12.4. The second-order valence-electron chi connectivity index (χ2n) is 18.4. The molecule has 7 rings (SSSR count). The Labute approximate surface area is 352 Å². The molecule has 3 aromatic rings. The van der Waals surface area contributed by atoms with Gasteiger partial charge in [0, 0.05) is 56.4 Å². The first-order chi connectivity index (χ1) is 28.5. The Bertz CT molecular complexity index is 2150. The molecule has 1 aromatic heterocycles.